The van der Waals surface area contributed by atoms with Crippen molar-refractivity contribution in [1.29, 1.82) is 0 Å². The number of halogens is 1. The van der Waals surface area contributed by atoms with Gasteiger partial charge in [-0.15, -0.1) is 11.3 Å². The minimum Gasteiger partial charge on any atom is -0.462 e. The molecule has 2 heterocycles. The maximum atomic E-state index is 13.7. The molecule has 2 aromatic heterocycles. The van der Waals surface area contributed by atoms with Crippen LogP contribution in [0.5, 0.6) is 0 Å². The Balaban J connectivity index is 1.62. The van der Waals surface area contributed by atoms with E-state index in [9.17, 15) is 9.59 Å². The van der Waals surface area contributed by atoms with Crippen molar-refractivity contribution in [3.05, 3.63) is 80.7 Å². The number of aryl methyl sites for hydroxylation is 1. The van der Waals surface area contributed by atoms with Crippen molar-refractivity contribution in [3.63, 3.8) is 0 Å². The number of carbonyl (C=O) groups excluding carboxylic acids is 2. The number of nitrogens with zero attached hydrogens (tertiary/aromatic N) is 1. The second-order valence-corrected chi connectivity index (χ2v) is 9.76. The molecule has 1 aliphatic carbocycles. The maximum Gasteiger partial charge on any atom is 0.341 e. The zero-order valence-corrected chi connectivity index (χ0v) is 20.5. The highest BCUT2D eigenvalue weighted by Crippen LogP contribution is 2.40. The van der Waals surface area contributed by atoms with Crippen molar-refractivity contribution >= 4 is 50.7 Å². The fraction of sp³-hybridized carbons (Fsp3) is 0.222. The molecule has 2 aromatic carbocycles. The number of fused-ring (bicyclic) bond motifs is 2. The highest BCUT2D eigenvalue weighted by Gasteiger charge is 2.29. The first kappa shape index (κ1) is 22.6. The Bertz CT molecular complexity index is 1430. The van der Waals surface area contributed by atoms with Crippen molar-refractivity contribution in [2.24, 2.45) is 0 Å². The number of rotatable bonds is 5. The molecule has 172 valence electrons. The van der Waals surface area contributed by atoms with Crippen LogP contribution < -0.4 is 5.32 Å². The number of anilines is 1. The minimum absolute atomic E-state index is 0.267. The van der Waals surface area contributed by atoms with Crippen molar-refractivity contribution in [2.75, 3.05) is 11.9 Å². The molecule has 5 nitrogen and oxygen atoms in total. The molecule has 1 N–H and O–H groups in total. The van der Waals surface area contributed by atoms with E-state index in [1.807, 2.05) is 55.5 Å². The number of aromatic nitrogens is 1. The van der Waals surface area contributed by atoms with Crippen LogP contribution in [0.15, 0.2) is 48.5 Å². The molecule has 0 fully saturated rings. The number of pyridine rings is 1. The van der Waals surface area contributed by atoms with Crippen LogP contribution in [0.3, 0.4) is 0 Å². The summed E-state index contributed by atoms with van der Waals surface area (Å²) in [6.45, 7) is 3.97. The Morgan fingerprint density at radius 3 is 2.62 bits per heavy atom. The predicted molar refractivity (Wildman–Crippen MR) is 137 cm³/mol. The van der Waals surface area contributed by atoms with Crippen LogP contribution in [0.2, 0.25) is 5.02 Å². The first-order valence-electron chi connectivity index (χ1n) is 11.3. The molecule has 4 aromatic rings. The SMILES string of the molecule is CCOC(=O)c1c(NC(=O)c2c(C)c(-c3ccc(Cl)cc3)nc3ccccc23)sc2c1CCC2. The Hall–Kier alpha value is -3.22. The van der Waals surface area contributed by atoms with Crippen LogP contribution >= 0.6 is 22.9 Å². The van der Waals surface area contributed by atoms with Gasteiger partial charge in [-0.25, -0.2) is 9.78 Å². The highest BCUT2D eigenvalue weighted by molar-refractivity contribution is 7.17. The van der Waals surface area contributed by atoms with Crippen LogP contribution in [0.25, 0.3) is 22.2 Å². The van der Waals surface area contributed by atoms with Gasteiger partial charge in [0.1, 0.15) is 5.00 Å². The molecule has 0 saturated heterocycles. The number of nitrogens with one attached hydrogen (secondary N) is 1. The number of esters is 1. The lowest BCUT2D eigenvalue weighted by atomic mass is 9.97. The lowest BCUT2D eigenvalue weighted by Gasteiger charge is -2.15. The Morgan fingerprint density at radius 1 is 1.09 bits per heavy atom. The van der Waals surface area contributed by atoms with Crippen molar-refractivity contribution in [1.82, 2.24) is 4.98 Å². The summed E-state index contributed by atoms with van der Waals surface area (Å²) in [6.07, 6.45) is 2.76. The molecule has 1 aliphatic rings. The van der Waals surface area contributed by atoms with Gasteiger partial charge < -0.3 is 10.1 Å². The lowest BCUT2D eigenvalue weighted by molar-refractivity contribution is 0.0527. The summed E-state index contributed by atoms with van der Waals surface area (Å²) < 4.78 is 5.32. The Morgan fingerprint density at radius 2 is 1.85 bits per heavy atom. The van der Waals surface area contributed by atoms with Gasteiger partial charge in [0.25, 0.3) is 5.91 Å². The quantitative estimate of drug-likeness (QED) is 0.311. The number of amides is 1. The number of hydrogen-bond donors (Lipinski definition) is 1. The van der Waals surface area contributed by atoms with Crippen molar-refractivity contribution in [3.8, 4) is 11.3 Å². The van der Waals surface area contributed by atoms with Crippen LogP contribution in [0.1, 0.15) is 50.1 Å². The molecule has 7 heteroatoms. The fourth-order valence-electron chi connectivity index (χ4n) is 4.57. The topological polar surface area (TPSA) is 68.3 Å². The van der Waals surface area contributed by atoms with E-state index in [2.05, 4.69) is 5.32 Å². The molecule has 0 bridgehead atoms. The van der Waals surface area contributed by atoms with Gasteiger partial charge in [0.2, 0.25) is 0 Å². The largest absolute Gasteiger partial charge is 0.462 e. The Kier molecular flexibility index (Phi) is 6.11. The van der Waals surface area contributed by atoms with Crippen LogP contribution in [-0.2, 0) is 17.6 Å². The molecule has 34 heavy (non-hydrogen) atoms. The minimum atomic E-state index is -0.379. The summed E-state index contributed by atoms with van der Waals surface area (Å²) >= 11 is 7.56. The van der Waals surface area contributed by atoms with Gasteiger partial charge in [0, 0.05) is 20.8 Å². The van der Waals surface area contributed by atoms with E-state index in [-0.39, 0.29) is 18.5 Å². The van der Waals surface area contributed by atoms with E-state index in [1.54, 1.807) is 6.92 Å². The normalized spacial score (nSPS) is 12.6. The zero-order chi connectivity index (χ0) is 23.8. The van der Waals surface area contributed by atoms with E-state index < -0.39 is 0 Å². The number of thiophene rings is 1. The average Bonchev–Trinajstić information content (AvgIpc) is 3.40. The number of para-hydroxylation sites is 1. The number of ether oxygens (including phenoxy) is 1. The predicted octanol–water partition coefficient (Wildman–Crippen LogP) is 6.84. The third-order valence-electron chi connectivity index (χ3n) is 6.11. The summed E-state index contributed by atoms with van der Waals surface area (Å²) in [5, 5.41) is 5.00. The molecule has 0 spiro atoms. The monoisotopic (exact) mass is 490 g/mol. The van der Waals surface area contributed by atoms with E-state index >= 15 is 0 Å². The third-order valence-corrected chi connectivity index (χ3v) is 7.57. The summed E-state index contributed by atoms with van der Waals surface area (Å²) in [5.74, 6) is -0.646. The van der Waals surface area contributed by atoms with Crippen LogP contribution in [0, 0.1) is 6.92 Å². The summed E-state index contributed by atoms with van der Waals surface area (Å²) in [7, 11) is 0. The molecule has 0 atom stereocenters. The van der Waals surface area contributed by atoms with Gasteiger partial charge >= 0.3 is 5.97 Å². The smallest absolute Gasteiger partial charge is 0.341 e. The summed E-state index contributed by atoms with van der Waals surface area (Å²) in [4.78, 5) is 32.5. The number of hydrogen-bond acceptors (Lipinski definition) is 5. The summed E-state index contributed by atoms with van der Waals surface area (Å²) in [6, 6.07) is 15.0. The summed E-state index contributed by atoms with van der Waals surface area (Å²) in [5.41, 5.74) is 5.14. The van der Waals surface area contributed by atoms with Crippen molar-refractivity contribution < 1.29 is 14.3 Å². The lowest BCUT2D eigenvalue weighted by Crippen LogP contribution is -2.17. The van der Waals surface area contributed by atoms with Gasteiger partial charge in [-0.05, 0) is 62.4 Å². The molecule has 0 radical (unpaired) electrons. The maximum absolute atomic E-state index is 13.7. The highest BCUT2D eigenvalue weighted by atomic mass is 35.5. The Labute approximate surface area is 206 Å². The molecule has 1 amide bonds. The molecular formula is C27H23ClN2O3S. The standard InChI is InChI=1S/C27H23ClN2O3S/c1-3-33-27(32)23-19-8-6-10-21(19)34-26(23)30-25(31)22-15(2)24(16-11-13-17(28)14-12-16)29-20-9-5-4-7-18(20)22/h4-5,7,9,11-14H,3,6,8,10H2,1-2H3,(H,30,31). The molecule has 0 unspecified atom stereocenters. The molecular weight excluding hydrogens is 468 g/mol. The first-order valence-corrected chi connectivity index (χ1v) is 12.5. The van der Waals surface area contributed by atoms with E-state index in [0.717, 1.165) is 57.4 Å². The fourth-order valence-corrected chi connectivity index (χ4v) is 5.96. The third kappa shape index (κ3) is 3.97. The van der Waals surface area contributed by atoms with E-state index in [1.165, 1.54) is 11.3 Å². The first-order chi connectivity index (χ1) is 16.5. The van der Waals surface area contributed by atoms with Crippen LogP contribution in [-0.4, -0.2) is 23.5 Å². The number of carbonyl (C=O) groups is 2. The van der Waals surface area contributed by atoms with E-state index in [0.29, 0.717) is 21.2 Å². The van der Waals surface area contributed by atoms with Gasteiger partial charge in [-0.3, -0.25) is 4.79 Å². The molecule has 5 rings (SSSR count). The average molecular weight is 491 g/mol. The zero-order valence-electron chi connectivity index (χ0n) is 18.9. The van der Waals surface area contributed by atoms with Gasteiger partial charge in [0.05, 0.1) is 28.9 Å². The van der Waals surface area contributed by atoms with Crippen molar-refractivity contribution in [2.45, 2.75) is 33.1 Å². The van der Waals surface area contributed by atoms with E-state index in [4.69, 9.17) is 21.3 Å². The van der Waals surface area contributed by atoms with Crippen LogP contribution in [0.4, 0.5) is 5.00 Å². The van der Waals surface area contributed by atoms with Gasteiger partial charge in [-0.1, -0.05) is 41.9 Å². The molecule has 0 aliphatic heterocycles. The van der Waals surface area contributed by atoms with Gasteiger partial charge in [0.15, 0.2) is 0 Å². The second-order valence-electron chi connectivity index (χ2n) is 8.22. The molecule has 0 saturated carbocycles. The van der Waals surface area contributed by atoms with Gasteiger partial charge in [-0.2, -0.15) is 0 Å². The second kappa shape index (κ2) is 9.20. The number of benzene rings is 2.